The average molecular weight is 393 g/mol. The number of imidazole rings is 1. The van der Waals surface area contributed by atoms with Crippen LogP contribution < -0.4 is 5.32 Å². The lowest BCUT2D eigenvalue weighted by atomic mass is 10.1. The predicted octanol–water partition coefficient (Wildman–Crippen LogP) is 2.96. The summed E-state index contributed by atoms with van der Waals surface area (Å²) in [5, 5.41) is 7.31. The Kier molecular flexibility index (Phi) is 5.16. The van der Waals surface area contributed by atoms with Crippen LogP contribution in [0.1, 0.15) is 16.8 Å². The first-order valence-electron chi connectivity index (χ1n) is 8.68. The summed E-state index contributed by atoms with van der Waals surface area (Å²) in [6.07, 6.45) is 8.17. The van der Waals surface area contributed by atoms with E-state index in [0.29, 0.717) is 23.9 Å². The smallest absolute Gasteiger partial charge is 0.244 e. The van der Waals surface area contributed by atoms with E-state index in [1.165, 1.54) is 12.4 Å². The monoisotopic (exact) mass is 392 g/mol. The number of aromatic nitrogens is 5. The molecule has 0 aliphatic heterocycles. The van der Waals surface area contributed by atoms with Gasteiger partial charge in [-0.3, -0.25) is 9.20 Å². The molecule has 7 nitrogen and oxygen atoms in total. The molecule has 1 N–H and O–H groups in total. The summed E-state index contributed by atoms with van der Waals surface area (Å²) in [5.74, 6) is -0.200. The molecule has 3 heterocycles. The first-order chi connectivity index (χ1) is 13.7. The number of benzene rings is 1. The van der Waals surface area contributed by atoms with Gasteiger partial charge in [0, 0.05) is 18.8 Å². The standard InChI is InChI=1S/C20H17ClN6O/c21-20-17(27-10-2-1-3-18(27)25-20)8-9-19(28)23-11-15-4-6-16(7-5-15)12-26-14-22-13-24-26/h1-10,13-14H,11-12H2,(H,23,28)/b9-8+. The van der Waals surface area contributed by atoms with E-state index >= 15 is 0 Å². The Hall–Kier alpha value is -3.45. The molecular weight excluding hydrogens is 376 g/mol. The van der Waals surface area contributed by atoms with Crippen molar-refractivity contribution in [1.29, 1.82) is 0 Å². The van der Waals surface area contributed by atoms with E-state index in [1.807, 2.05) is 53.1 Å². The number of hydrogen-bond acceptors (Lipinski definition) is 4. The number of amides is 1. The van der Waals surface area contributed by atoms with E-state index in [2.05, 4.69) is 20.4 Å². The van der Waals surface area contributed by atoms with E-state index < -0.39 is 0 Å². The second kappa shape index (κ2) is 8.06. The van der Waals surface area contributed by atoms with Gasteiger partial charge in [-0.25, -0.2) is 14.6 Å². The molecule has 1 amide bonds. The minimum Gasteiger partial charge on any atom is -0.348 e. The van der Waals surface area contributed by atoms with Crippen LogP contribution in [0.3, 0.4) is 0 Å². The third-order valence-corrected chi connectivity index (χ3v) is 4.49. The van der Waals surface area contributed by atoms with Gasteiger partial charge in [-0.2, -0.15) is 5.10 Å². The van der Waals surface area contributed by atoms with Gasteiger partial charge in [-0.1, -0.05) is 41.9 Å². The fraction of sp³-hybridized carbons (Fsp3) is 0.100. The molecule has 0 radical (unpaired) electrons. The summed E-state index contributed by atoms with van der Waals surface area (Å²) in [7, 11) is 0. The van der Waals surface area contributed by atoms with Crippen LogP contribution in [0.4, 0.5) is 0 Å². The van der Waals surface area contributed by atoms with Crippen molar-refractivity contribution in [2.45, 2.75) is 13.1 Å². The molecule has 0 aliphatic rings. The van der Waals surface area contributed by atoms with E-state index in [-0.39, 0.29) is 5.91 Å². The molecule has 0 fully saturated rings. The minimum absolute atomic E-state index is 0.200. The number of nitrogens with zero attached hydrogens (tertiary/aromatic N) is 5. The highest BCUT2D eigenvalue weighted by molar-refractivity contribution is 6.31. The van der Waals surface area contributed by atoms with Gasteiger partial charge in [0.1, 0.15) is 18.3 Å². The molecule has 28 heavy (non-hydrogen) atoms. The molecule has 0 atom stereocenters. The first-order valence-corrected chi connectivity index (χ1v) is 9.05. The van der Waals surface area contributed by atoms with Gasteiger partial charge in [0.05, 0.1) is 12.2 Å². The number of carbonyl (C=O) groups excluding carboxylic acids is 1. The lowest BCUT2D eigenvalue weighted by molar-refractivity contribution is -0.116. The molecule has 0 bridgehead atoms. The van der Waals surface area contributed by atoms with Crippen LogP contribution in [-0.4, -0.2) is 30.1 Å². The van der Waals surface area contributed by atoms with Gasteiger partial charge in [-0.15, -0.1) is 0 Å². The van der Waals surface area contributed by atoms with Crippen LogP contribution in [0.15, 0.2) is 67.4 Å². The lowest BCUT2D eigenvalue weighted by Crippen LogP contribution is -2.20. The zero-order chi connectivity index (χ0) is 19.3. The quantitative estimate of drug-likeness (QED) is 0.512. The number of pyridine rings is 1. The average Bonchev–Trinajstić information content (AvgIpc) is 3.33. The van der Waals surface area contributed by atoms with E-state index in [0.717, 1.165) is 16.8 Å². The van der Waals surface area contributed by atoms with E-state index in [4.69, 9.17) is 11.6 Å². The number of hydrogen-bond donors (Lipinski definition) is 1. The number of carbonyl (C=O) groups is 1. The Labute approximate surface area is 166 Å². The van der Waals surface area contributed by atoms with Gasteiger partial charge in [0.25, 0.3) is 0 Å². The summed E-state index contributed by atoms with van der Waals surface area (Å²) < 4.78 is 3.59. The molecule has 4 aromatic rings. The van der Waals surface area contributed by atoms with Gasteiger partial charge in [0.15, 0.2) is 5.15 Å². The van der Waals surface area contributed by atoms with Crippen molar-refractivity contribution in [3.05, 3.63) is 89.4 Å². The second-order valence-electron chi connectivity index (χ2n) is 6.18. The highest BCUT2D eigenvalue weighted by Gasteiger charge is 2.07. The van der Waals surface area contributed by atoms with Crippen molar-refractivity contribution in [2.24, 2.45) is 0 Å². The largest absolute Gasteiger partial charge is 0.348 e. The SMILES string of the molecule is O=C(/C=C/c1c(Cl)nc2ccccn12)NCc1ccc(Cn2cncn2)cc1. The normalized spacial score (nSPS) is 11.3. The van der Waals surface area contributed by atoms with Gasteiger partial charge in [0.2, 0.25) is 5.91 Å². The van der Waals surface area contributed by atoms with Crippen molar-refractivity contribution in [3.63, 3.8) is 0 Å². The van der Waals surface area contributed by atoms with Crippen LogP contribution in [0.25, 0.3) is 11.7 Å². The number of halogens is 1. The van der Waals surface area contributed by atoms with Crippen LogP contribution in [0.2, 0.25) is 5.15 Å². The maximum absolute atomic E-state index is 12.1. The van der Waals surface area contributed by atoms with Crippen LogP contribution >= 0.6 is 11.6 Å². The van der Waals surface area contributed by atoms with Gasteiger partial charge < -0.3 is 5.32 Å². The zero-order valence-electron chi connectivity index (χ0n) is 14.9. The summed E-state index contributed by atoms with van der Waals surface area (Å²) in [4.78, 5) is 20.3. The topological polar surface area (TPSA) is 77.1 Å². The van der Waals surface area contributed by atoms with Crippen molar-refractivity contribution in [3.8, 4) is 0 Å². The number of nitrogens with one attached hydrogen (secondary N) is 1. The van der Waals surface area contributed by atoms with E-state index in [1.54, 1.807) is 17.1 Å². The summed E-state index contributed by atoms with van der Waals surface area (Å²) in [6, 6.07) is 13.6. The number of rotatable bonds is 6. The van der Waals surface area contributed by atoms with Crippen molar-refractivity contribution in [1.82, 2.24) is 29.5 Å². The van der Waals surface area contributed by atoms with Crippen molar-refractivity contribution in [2.75, 3.05) is 0 Å². The third kappa shape index (κ3) is 4.10. The highest BCUT2D eigenvalue weighted by Crippen LogP contribution is 2.18. The van der Waals surface area contributed by atoms with Gasteiger partial charge in [-0.05, 0) is 29.3 Å². The first kappa shape index (κ1) is 17.9. The zero-order valence-corrected chi connectivity index (χ0v) is 15.6. The molecule has 0 aliphatic carbocycles. The minimum atomic E-state index is -0.200. The number of fused-ring (bicyclic) bond motifs is 1. The summed E-state index contributed by atoms with van der Waals surface area (Å²) in [6.45, 7) is 1.10. The molecule has 3 aromatic heterocycles. The fourth-order valence-electron chi connectivity index (χ4n) is 2.80. The van der Waals surface area contributed by atoms with Crippen LogP contribution in [0, 0.1) is 0 Å². The molecule has 0 spiro atoms. The van der Waals surface area contributed by atoms with E-state index in [9.17, 15) is 4.79 Å². The Morgan fingerprint density at radius 2 is 1.96 bits per heavy atom. The molecule has 4 rings (SSSR count). The molecule has 140 valence electrons. The lowest BCUT2D eigenvalue weighted by Gasteiger charge is -2.05. The van der Waals surface area contributed by atoms with Crippen molar-refractivity contribution >= 4 is 29.2 Å². The Balaban J connectivity index is 1.35. The Morgan fingerprint density at radius 1 is 1.14 bits per heavy atom. The molecule has 1 aromatic carbocycles. The molecule has 0 saturated heterocycles. The maximum atomic E-state index is 12.1. The molecule has 0 saturated carbocycles. The summed E-state index contributed by atoms with van der Waals surface area (Å²) in [5.41, 5.74) is 3.53. The predicted molar refractivity (Wildman–Crippen MR) is 107 cm³/mol. The van der Waals surface area contributed by atoms with Gasteiger partial charge >= 0.3 is 0 Å². The third-order valence-electron chi connectivity index (χ3n) is 4.22. The van der Waals surface area contributed by atoms with Crippen LogP contribution in [0.5, 0.6) is 0 Å². The molecule has 8 heteroatoms. The fourth-order valence-corrected chi connectivity index (χ4v) is 3.04. The van der Waals surface area contributed by atoms with Crippen LogP contribution in [-0.2, 0) is 17.9 Å². The maximum Gasteiger partial charge on any atom is 0.244 e. The Bertz CT molecular complexity index is 1120. The molecular formula is C20H17ClN6O. The van der Waals surface area contributed by atoms with Crippen molar-refractivity contribution < 1.29 is 4.79 Å². The highest BCUT2D eigenvalue weighted by atomic mass is 35.5. The molecule has 0 unspecified atom stereocenters. The Morgan fingerprint density at radius 3 is 2.75 bits per heavy atom. The summed E-state index contributed by atoms with van der Waals surface area (Å²) >= 11 is 6.16. The second-order valence-corrected chi connectivity index (χ2v) is 6.54.